The van der Waals surface area contributed by atoms with Crippen LogP contribution in [-0.4, -0.2) is 36.1 Å². The molecule has 7 heteroatoms. The number of rotatable bonds is 3. The summed E-state index contributed by atoms with van der Waals surface area (Å²) in [4.78, 5) is 23.9. The molecule has 31 heavy (non-hydrogen) atoms. The fourth-order valence-corrected chi connectivity index (χ4v) is 1.86. The molecule has 2 N–H and O–H groups in total. The Kier molecular flexibility index (Phi) is 30.0. The lowest BCUT2D eigenvalue weighted by Crippen LogP contribution is -2.45. The molecule has 0 aromatic heterocycles. The maximum atomic E-state index is 13.0. The third-order valence-electron chi connectivity index (χ3n) is 2.72. The number of carbonyl (C=O) groups excluding carboxylic acids is 2. The summed E-state index contributed by atoms with van der Waals surface area (Å²) in [5, 5.41) is 0. The molecule has 182 valence electrons. The number of imide groups is 1. The van der Waals surface area contributed by atoms with Gasteiger partial charge in [0, 0.05) is 6.07 Å². The van der Waals surface area contributed by atoms with Crippen LogP contribution < -0.4 is 5.73 Å². The molecule has 0 spiro atoms. The molecule has 1 unspecified atom stereocenters. The molecule has 1 aliphatic rings. The second-order valence-corrected chi connectivity index (χ2v) is 5.31. The third-order valence-corrected chi connectivity index (χ3v) is 2.72. The van der Waals surface area contributed by atoms with Crippen molar-refractivity contribution in [1.82, 2.24) is 4.90 Å². The molecule has 1 aliphatic heterocycles. The van der Waals surface area contributed by atoms with E-state index in [-0.39, 0.29) is 25.1 Å². The first-order chi connectivity index (χ1) is 14.8. The van der Waals surface area contributed by atoms with Crippen LogP contribution in [0.2, 0.25) is 0 Å². The van der Waals surface area contributed by atoms with Crippen molar-refractivity contribution < 1.29 is 23.1 Å². The predicted molar refractivity (Wildman–Crippen MR) is 127 cm³/mol. The minimum Gasteiger partial charge on any atom is -0.447 e. The zero-order valence-corrected chi connectivity index (χ0v) is 20.9. The van der Waals surface area contributed by atoms with E-state index in [2.05, 4.69) is 25.2 Å². The van der Waals surface area contributed by atoms with E-state index < -0.39 is 29.7 Å². The summed E-state index contributed by atoms with van der Waals surface area (Å²) in [6.45, 7) is 21.8. The standard InChI is InChI=1S/C12H12F2N2O3.C3H8.C3H6.3C2H6/c13-8-3-7(4-9(14)6-8)5-10(15)11(17)16-1-2-19-12(16)18;2*1-3-2;3*1-2/h3-4,6,10H,1-2,5,15H2;3H2,1-2H3;3H,1H2,2H3;3*1-2H3. The molecule has 0 radical (unpaired) electrons. The van der Waals surface area contributed by atoms with Gasteiger partial charge in [-0.2, -0.15) is 0 Å². The Balaban J connectivity index is -0.000000258. The molecule has 0 saturated carbocycles. The largest absolute Gasteiger partial charge is 0.447 e. The molecule has 0 bridgehead atoms. The minimum atomic E-state index is -1.05. The number of ether oxygens (including phenoxy) is 1. The van der Waals surface area contributed by atoms with Crippen molar-refractivity contribution in [2.24, 2.45) is 5.73 Å². The number of benzene rings is 1. The van der Waals surface area contributed by atoms with E-state index in [1.54, 1.807) is 6.08 Å². The molecule has 2 rings (SSSR count). The van der Waals surface area contributed by atoms with Gasteiger partial charge in [0.1, 0.15) is 18.2 Å². The fraction of sp³-hybridized carbons (Fsp3) is 0.583. The van der Waals surface area contributed by atoms with Crippen LogP contribution in [0, 0.1) is 11.6 Å². The molecule has 1 fully saturated rings. The van der Waals surface area contributed by atoms with Gasteiger partial charge in [-0.25, -0.2) is 18.5 Å². The van der Waals surface area contributed by atoms with Gasteiger partial charge in [0.2, 0.25) is 5.91 Å². The van der Waals surface area contributed by atoms with Gasteiger partial charge in [0.05, 0.1) is 12.6 Å². The Morgan fingerprint density at radius 1 is 1.13 bits per heavy atom. The molecule has 1 atom stereocenters. The van der Waals surface area contributed by atoms with Gasteiger partial charge in [-0.05, 0) is 31.0 Å². The summed E-state index contributed by atoms with van der Waals surface area (Å²) in [5.74, 6) is -2.10. The SMILES string of the molecule is C=CC.CC.CC.CC.CCC.NC(Cc1cc(F)cc(F)c1)C(=O)N1CCOC1=O. The van der Waals surface area contributed by atoms with Crippen molar-refractivity contribution in [3.05, 3.63) is 48.1 Å². The second-order valence-electron chi connectivity index (χ2n) is 5.31. The Bertz CT molecular complexity index is 562. The van der Waals surface area contributed by atoms with Crippen molar-refractivity contribution in [1.29, 1.82) is 0 Å². The van der Waals surface area contributed by atoms with Gasteiger partial charge in [-0.3, -0.25) is 4.79 Å². The topological polar surface area (TPSA) is 72.6 Å². The summed E-state index contributed by atoms with van der Waals surface area (Å²) >= 11 is 0. The summed E-state index contributed by atoms with van der Waals surface area (Å²) in [6.07, 6.45) is 2.20. The number of carbonyl (C=O) groups is 2. The normalized spacial score (nSPS) is 11.6. The van der Waals surface area contributed by atoms with E-state index in [9.17, 15) is 18.4 Å². The van der Waals surface area contributed by atoms with Gasteiger partial charge in [0.15, 0.2) is 0 Å². The van der Waals surface area contributed by atoms with Crippen LogP contribution in [0.5, 0.6) is 0 Å². The first kappa shape index (κ1) is 36.1. The van der Waals surface area contributed by atoms with E-state index in [0.29, 0.717) is 0 Å². The van der Waals surface area contributed by atoms with E-state index >= 15 is 0 Å². The first-order valence-electron chi connectivity index (χ1n) is 11.1. The summed E-state index contributed by atoms with van der Waals surface area (Å²) in [7, 11) is 0. The average Bonchev–Trinajstić information content (AvgIpc) is 3.18. The van der Waals surface area contributed by atoms with Gasteiger partial charge < -0.3 is 10.5 Å². The minimum absolute atomic E-state index is 0.0582. The molecule has 2 amide bonds. The quantitative estimate of drug-likeness (QED) is 0.538. The van der Waals surface area contributed by atoms with E-state index in [0.717, 1.165) is 23.1 Å². The van der Waals surface area contributed by atoms with Gasteiger partial charge in [-0.1, -0.05) is 67.9 Å². The zero-order valence-electron chi connectivity index (χ0n) is 20.9. The molecular weight excluding hydrogens is 402 g/mol. The third kappa shape index (κ3) is 18.2. The van der Waals surface area contributed by atoms with Crippen LogP contribution in [0.15, 0.2) is 30.9 Å². The van der Waals surface area contributed by atoms with Crippen LogP contribution in [0.4, 0.5) is 13.6 Å². The molecular formula is C24H44F2N2O3. The smallest absolute Gasteiger partial charge is 0.416 e. The number of nitrogens with two attached hydrogens (primary N) is 1. The molecule has 5 nitrogen and oxygen atoms in total. The van der Waals surface area contributed by atoms with Crippen molar-refractivity contribution >= 4 is 12.0 Å². The number of hydrogen-bond donors (Lipinski definition) is 1. The highest BCUT2D eigenvalue weighted by atomic mass is 19.1. The number of halogens is 2. The summed E-state index contributed by atoms with van der Waals surface area (Å²) in [6, 6.07) is 1.87. The lowest BCUT2D eigenvalue weighted by molar-refractivity contribution is -0.129. The molecule has 0 aliphatic carbocycles. The summed E-state index contributed by atoms with van der Waals surface area (Å²) in [5.41, 5.74) is 5.90. The van der Waals surface area contributed by atoms with Crippen LogP contribution >= 0.6 is 0 Å². The van der Waals surface area contributed by atoms with E-state index in [1.807, 2.05) is 48.5 Å². The highest BCUT2D eigenvalue weighted by Crippen LogP contribution is 2.12. The molecule has 1 heterocycles. The zero-order chi connectivity index (χ0) is 25.4. The monoisotopic (exact) mass is 446 g/mol. The van der Waals surface area contributed by atoms with Crippen molar-refractivity contribution in [3.8, 4) is 0 Å². The number of amides is 2. The Morgan fingerprint density at radius 2 is 1.52 bits per heavy atom. The number of cyclic esters (lactones) is 1. The Morgan fingerprint density at radius 3 is 1.84 bits per heavy atom. The molecule has 1 saturated heterocycles. The lowest BCUT2D eigenvalue weighted by atomic mass is 10.1. The average molecular weight is 447 g/mol. The number of nitrogens with zero attached hydrogens (tertiary/aromatic N) is 1. The second kappa shape index (κ2) is 25.8. The Hall–Kier alpha value is -2.28. The highest BCUT2D eigenvalue weighted by molar-refractivity contribution is 5.95. The van der Waals surface area contributed by atoms with E-state index in [1.165, 1.54) is 6.42 Å². The van der Waals surface area contributed by atoms with Crippen LogP contribution in [0.1, 0.15) is 74.3 Å². The van der Waals surface area contributed by atoms with Gasteiger partial charge >= 0.3 is 6.09 Å². The van der Waals surface area contributed by atoms with E-state index in [4.69, 9.17) is 5.73 Å². The van der Waals surface area contributed by atoms with Crippen molar-refractivity contribution in [2.45, 2.75) is 81.2 Å². The van der Waals surface area contributed by atoms with Crippen molar-refractivity contribution in [2.75, 3.05) is 13.2 Å². The molecule has 1 aromatic rings. The van der Waals surface area contributed by atoms with Crippen LogP contribution in [-0.2, 0) is 16.0 Å². The maximum Gasteiger partial charge on any atom is 0.416 e. The van der Waals surface area contributed by atoms with Crippen LogP contribution in [0.3, 0.4) is 0 Å². The van der Waals surface area contributed by atoms with Gasteiger partial charge in [0.25, 0.3) is 0 Å². The lowest BCUT2D eigenvalue weighted by Gasteiger charge is -2.16. The maximum absolute atomic E-state index is 13.0. The number of hydrogen-bond acceptors (Lipinski definition) is 4. The first-order valence-corrected chi connectivity index (χ1v) is 11.1. The molecule has 1 aromatic carbocycles. The predicted octanol–water partition coefficient (Wildman–Crippen LogP) is 6.50. The highest BCUT2D eigenvalue weighted by Gasteiger charge is 2.31. The Labute approximate surface area is 188 Å². The van der Waals surface area contributed by atoms with Crippen molar-refractivity contribution in [3.63, 3.8) is 0 Å². The van der Waals surface area contributed by atoms with Crippen LogP contribution in [0.25, 0.3) is 0 Å². The van der Waals surface area contributed by atoms with Gasteiger partial charge in [-0.15, -0.1) is 6.58 Å². The number of allylic oxidation sites excluding steroid dienone is 1. The fourth-order valence-electron chi connectivity index (χ4n) is 1.86. The summed E-state index contributed by atoms with van der Waals surface area (Å²) < 4.78 is 30.6.